The SMILES string of the molecule is CC(C)[C@@H](NC(=O)OCc1ccccc1)C(=O)N1CCN(Cc2ccc(C#N)cc2)CC1. The number of alkyl carbamates (subject to hydrolysis) is 1. The first kappa shape index (κ1) is 23.3. The molecule has 2 aromatic carbocycles. The Morgan fingerprint density at radius 3 is 2.25 bits per heavy atom. The van der Waals surface area contributed by atoms with Gasteiger partial charge in [0.15, 0.2) is 0 Å². The molecule has 3 rings (SSSR count). The molecule has 0 aliphatic carbocycles. The second kappa shape index (κ2) is 11.3. The minimum absolute atomic E-state index is 0.0524. The molecular weight excluding hydrogens is 404 g/mol. The van der Waals surface area contributed by atoms with Crippen molar-refractivity contribution in [2.24, 2.45) is 5.92 Å². The summed E-state index contributed by atoms with van der Waals surface area (Å²) in [5.41, 5.74) is 2.69. The number of amides is 2. The highest BCUT2D eigenvalue weighted by Crippen LogP contribution is 2.13. The molecule has 1 aliphatic rings. The number of carbonyl (C=O) groups excluding carboxylic acids is 2. The van der Waals surface area contributed by atoms with E-state index in [0.29, 0.717) is 18.7 Å². The summed E-state index contributed by atoms with van der Waals surface area (Å²) in [6.45, 7) is 7.52. The summed E-state index contributed by atoms with van der Waals surface area (Å²) in [6, 6.07) is 18.5. The number of hydrogen-bond acceptors (Lipinski definition) is 5. The number of nitriles is 1. The van der Waals surface area contributed by atoms with E-state index in [2.05, 4.69) is 16.3 Å². The average Bonchev–Trinajstić information content (AvgIpc) is 2.82. The topological polar surface area (TPSA) is 85.7 Å². The zero-order chi connectivity index (χ0) is 22.9. The molecule has 1 saturated heterocycles. The van der Waals surface area contributed by atoms with E-state index in [4.69, 9.17) is 10.00 Å². The molecule has 0 unspecified atom stereocenters. The first-order valence-electron chi connectivity index (χ1n) is 10.9. The normalized spacial score (nSPS) is 15.1. The van der Waals surface area contributed by atoms with Gasteiger partial charge in [-0.05, 0) is 29.2 Å². The fraction of sp³-hybridized carbons (Fsp3) is 0.400. The van der Waals surface area contributed by atoms with Crippen molar-refractivity contribution in [2.75, 3.05) is 26.2 Å². The Bertz CT molecular complexity index is 930. The highest BCUT2D eigenvalue weighted by molar-refractivity contribution is 5.86. The lowest BCUT2D eigenvalue weighted by molar-refractivity contribution is -0.136. The molecule has 0 bridgehead atoms. The minimum atomic E-state index is -0.622. The lowest BCUT2D eigenvalue weighted by Gasteiger charge is -2.37. The Balaban J connectivity index is 1.48. The molecule has 2 amide bonds. The van der Waals surface area contributed by atoms with Gasteiger partial charge in [0.05, 0.1) is 11.6 Å². The standard InChI is InChI=1S/C25H30N4O3/c1-19(2)23(27-25(31)32-18-22-6-4-3-5-7-22)24(30)29-14-12-28(13-15-29)17-21-10-8-20(16-26)9-11-21/h3-11,19,23H,12-15,17-18H2,1-2H3,(H,27,31)/t23-/m1/s1. The van der Waals surface area contributed by atoms with E-state index in [1.165, 1.54) is 0 Å². The van der Waals surface area contributed by atoms with Crippen molar-refractivity contribution in [1.82, 2.24) is 15.1 Å². The molecule has 7 heteroatoms. The number of piperazine rings is 1. The summed E-state index contributed by atoms with van der Waals surface area (Å²) < 4.78 is 5.30. The van der Waals surface area contributed by atoms with E-state index in [1.54, 1.807) is 0 Å². The van der Waals surface area contributed by atoms with Crippen LogP contribution in [0.2, 0.25) is 0 Å². The van der Waals surface area contributed by atoms with Crippen LogP contribution >= 0.6 is 0 Å². The molecule has 32 heavy (non-hydrogen) atoms. The number of rotatable bonds is 7. The minimum Gasteiger partial charge on any atom is -0.445 e. The van der Waals surface area contributed by atoms with Crippen LogP contribution in [-0.4, -0.2) is 54.0 Å². The predicted octanol–water partition coefficient (Wildman–Crippen LogP) is 3.15. The Kier molecular flexibility index (Phi) is 8.23. The maximum atomic E-state index is 13.1. The average molecular weight is 435 g/mol. The molecule has 0 aromatic heterocycles. The fourth-order valence-electron chi connectivity index (χ4n) is 3.67. The lowest BCUT2D eigenvalue weighted by atomic mass is 10.0. The molecule has 7 nitrogen and oxygen atoms in total. The van der Waals surface area contributed by atoms with E-state index >= 15 is 0 Å². The quantitative estimate of drug-likeness (QED) is 0.724. The van der Waals surface area contributed by atoms with E-state index in [-0.39, 0.29) is 18.4 Å². The molecule has 0 spiro atoms. The molecule has 1 N–H and O–H groups in total. The van der Waals surface area contributed by atoms with Crippen molar-refractivity contribution < 1.29 is 14.3 Å². The molecule has 1 fully saturated rings. The Morgan fingerprint density at radius 1 is 1.00 bits per heavy atom. The Morgan fingerprint density at radius 2 is 1.66 bits per heavy atom. The molecule has 0 radical (unpaired) electrons. The third-order valence-corrected chi connectivity index (χ3v) is 5.59. The largest absolute Gasteiger partial charge is 0.445 e. The van der Waals surface area contributed by atoms with Gasteiger partial charge in [0.2, 0.25) is 5.91 Å². The van der Waals surface area contributed by atoms with Gasteiger partial charge in [-0.25, -0.2) is 4.79 Å². The number of nitrogens with one attached hydrogen (secondary N) is 1. The highest BCUT2D eigenvalue weighted by atomic mass is 16.5. The fourth-order valence-corrected chi connectivity index (χ4v) is 3.67. The van der Waals surface area contributed by atoms with Gasteiger partial charge in [-0.3, -0.25) is 9.69 Å². The van der Waals surface area contributed by atoms with Crippen LogP contribution < -0.4 is 5.32 Å². The third kappa shape index (κ3) is 6.56. The summed E-state index contributed by atoms with van der Waals surface area (Å²) in [5, 5.41) is 11.7. The summed E-state index contributed by atoms with van der Waals surface area (Å²) in [5.74, 6) is -0.127. The van der Waals surface area contributed by atoms with Gasteiger partial charge < -0.3 is 15.0 Å². The van der Waals surface area contributed by atoms with E-state index in [9.17, 15) is 9.59 Å². The van der Waals surface area contributed by atoms with Crippen molar-refractivity contribution in [3.63, 3.8) is 0 Å². The maximum absolute atomic E-state index is 13.1. The van der Waals surface area contributed by atoms with Crippen molar-refractivity contribution in [3.05, 3.63) is 71.3 Å². The zero-order valence-corrected chi connectivity index (χ0v) is 18.7. The van der Waals surface area contributed by atoms with Crippen molar-refractivity contribution in [1.29, 1.82) is 5.26 Å². The van der Waals surface area contributed by atoms with Crippen molar-refractivity contribution >= 4 is 12.0 Å². The maximum Gasteiger partial charge on any atom is 0.408 e. The summed E-state index contributed by atoms with van der Waals surface area (Å²) in [4.78, 5) is 29.5. The van der Waals surface area contributed by atoms with Gasteiger partial charge in [-0.15, -0.1) is 0 Å². The van der Waals surface area contributed by atoms with Crippen LogP contribution in [0.4, 0.5) is 4.79 Å². The molecular formula is C25H30N4O3. The van der Waals surface area contributed by atoms with Crippen LogP contribution in [0.1, 0.15) is 30.5 Å². The van der Waals surface area contributed by atoms with Gasteiger partial charge in [-0.1, -0.05) is 56.3 Å². The van der Waals surface area contributed by atoms with E-state index in [0.717, 1.165) is 30.8 Å². The smallest absolute Gasteiger partial charge is 0.408 e. The Hall–Kier alpha value is -3.37. The molecule has 1 heterocycles. The van der Waals surface area contributed by atoms with Crippen LogP contribution in [0.25, 0.3) is 0 Å². The van der Waals surface area contributed by atoms with Gasteiger partial charge in [0.1, 0.15) is 12.6 Å². The molecule has 2 aromatic rings. The summed E-state index contributed by atoms with van der Waals surface area (Å²) in [6.07, 6.45) is -0.583. The molecule has 1 aliphatic heterocycles. The van der Waals surface area contributed by atoms with E-state index < -0.39 is 12.1 Å². The predicted molar refractivity (Wildman–Crippen MR) is 121 cm³/mol. The van der Waals surface area contributed by atoms with E-state index in [1.807, 2.05) is 73.3 Å². The van der Waals surface area contributed by atoms with Crippen molar-refractivity contribution in [2.45, 2.75) is 33.0 Å². The van der Waals surface area contributed by atoms with Gasteiger partial charge in [0, 0.05) is 32.7 Å². The molecule has 0 saturated carbocycles. The second-order valence-electron chi connectivity index (χ2n) is 8.34. The van der Waals surface area contributed by atoms with Gasteiger partial charge in [-0.2, -0.15) is 5.26 Å². The number of benzene rings is 2. The number of ether oxygens (including phenoxy) is 1. The Labute approximate surface area is 189 Å². The first-order chi connectivity index (χ1) is 15.5. The number of carbonyl (C=O) groups is 2. The first-order valence-corrected chi connectivity index (χ1v) is 10.9. The van der Waals surface area contributed by atoms with Crippen LogP contribution in [0.15, 0.2) is 54.6 Å². The zero-order valence-electron chi connectivity index (χ0n) is 18.7. The van der Waals surface area contributed by atoms with Crippen LogP contribution in [-0.2, 0) is 22.7 Å². The number of hydrogen-bond donors (Lipinski definition) is 1. The second-order valence-corrected chi connectivity index (χ2v) is 8.34. The van der Waals surface area contributed by atoms with Crippen LogP contribution in [0.5, 0.6) is 0 Å². The van der Waals surface area contributed by atoms with Gasteiger partial charge in [0.25, 0.3) is 0 Å². The van der Waals surface area contributed by atoms with Gasteiger partial charge >= 0.3 is 6.09 Å². The monoisotopic (exact) mass is 434 g/mol. The van der Waals surface area contributed by atoms with Crippen molar-refractivity contribution in [3.8, 4) is 6.07 Å². The van der Waals surface area contributed by atoms with Crippen LogP contribution in [0, 0.1) is 17.2 Å². The molecule has 1 atom stereocenters. The van der Waals surface area contributed by atoms with Crippen LogP contribution in [0.3, 0.4) is 0 Å². The molecule has 168 valence electrons. The summed E-state index contributed by atoms with van der Waals surface area (Å²) >= 11 is 0. The third-order valence-electron chi connectivity index (χ3n) is 5.59. The lowest BCUT2D eigenvalue weighted by Crippen LogP contribution is -2.56. The summed E-state index contributed by atoms with van der Waals surface area (Å²) in [7, 11) is 0. The highest BCUT2D eigenvalue weighted by Gasteiger charge is 2.31. The number of nitrogens with zero attached hydrogens (tertiary/aromatic N) is 3.